The van der Waals surface area contributed by atoms with Crippen LogP contribution in [-0.2, 0) is 0 Å². The molecule has 1 N–H and O–H groups in total. The highest BCUT2D eigenvalue weighted by Gasteiger charge is 2.40. The topological polar surface area (TPSA) is 39.1 Å². The zero-order valence-electron chi connectivity index (χ0n) is 10.5. The van der Waals surface area contributed by atoms with Gasteiger partial charge in [0.2, 0.25) is 0 Å². The fraction of sp³-hybridized carbons (Fsp3) is 0.923. The van der Waals surface area contributed by atoms with Crippen LogP contribution in [-0.4, -0.2) is 59.5 Å². The lowest BCUT2D eigenvalue weighted by atomic mass is 9.81. The molecule has 17 heavy (non-hydrogen) atoms. The average Bonchev–Trinajstić information content (AvgIpc) is 2.41. The zero-order chi connectivity index (χ0) is 11.7. The Bertz CT molecular complexity index is 291. The van der Waals surface area contributed by atoms with E-state index in [1.807, 2.05) is 0 Å². The standard InChI is InChI=1S/C13H23N3O/c17-14-13-11-4-8-16(9-5-11)12(13)10-15-6-2-1-3-7-15/h11-12,17H,1-10H2/b14-13+. The van der Waals surface area contributed by atoms with E-state index in [4.69, 9.17) is 0 Å². The molecule has 0 aromatic heterocycles. The third-order valence-corrected chi connectivity index (χ3v) is 4.73. The van der Waals surface area contributed by atoms with E-state index in [1.165, 1.54) is 58.3 Å². The van der Waals surface area contributed by atoms with Crippen LogP contribution in [0.15, 0.2) is 5.16 Å². The molecule has 0 amide bonds. The van der Waals surface area contributed by atoms with Crippen LogP contribution in [0.4, 0.5) is 0 Å². The van der Waals surface area contributed by atoms with Gasteiger partial charge in [-0.2, -0.15) is 0 Å². The maximum atomic E-state index is 9.26. The minimum Gasteiger partial charge on any atom is -0.411 e. The SMILES string of the molecule is O/N=C1\C2CCN(CC2)C1CN1CCCCC1. The van der Waals surface area contributed by atoms with Crippen LogP contribution < -0.4 is 0 Å². The molecule has 4 rings (SSSR count). The Balaban J connectivity index is 1.68. The van der Waals surface area contributed by atoms with Crippen molar-refractivity contribution in [2.45, 2.75) is 38.1 Å². The first-order valence-electron chi connectivity index (χ1n) is 7.07. The fourth-order valence-corrected chi connectivity index (χ4v) is 3.71. The lowest BCUT2D eigenvalue weighted by Gasteiger charge is -2.47. The van der Waals surface area contributed by atoms with Gasteiger partial charge in [-0.15, -0.1) is 0 Å². The first kappa shape index (κ1) is 11.5. The molecule has 4 saturated heterocycles. The molecule has 1 unspecified atom stereocenters. The van der Waals surface area contributed by atoms with Crippen molar-refractivity contribution in [2.24, 2.45) is 11.1 Å². The Morgan fingerprint density at radius 2 is 1.76 bits per heavy atom. The van der Waals surface area contributed by atoms with Crippen LogP contribution in [0.1, 0.15) is 32.1 Å². The highest BCUT2D eigenvalue weighted by molar-refractivity contribution is 5.92. The maximum Gasteiger partial charge on any atom is 0.0786 e. The zero-order valence-corrected chi connectivity index (χ0v) is 10.5. The summed E-state index contributed by atoms with van der Waals surface area (Å²) in [6.07, 6.45) is 6.43. The van der Waals surface area contributed by atoms with Crippen LogP contribution in [0, 0.1) is 5.92 Å². The Morgan fingerprint density at radius 1 is 1.06 bits per heavy atom. The van der Waals surface area contributed by atoms with Crippen LogP contribution in [0.5, 0.6) is 0 Å². The van der Waals surface area contributed by atoms with Gasteiger partial charge in [0.05, 0.1) is 11.8 Å². The summed E-state index contributed by atoms with van der Waals surface area (Å²) in [5.74, 6) is 0.555. The molecule has 4 heterocycles. The van der Waals surface area contributed by atoms with Crippen LogP contribution in [0.25, 0.3) is 0 Å². The Labute approximate surface area is 103 Å². The molecule has 0 radical (unpaired) electrons. The predicted molar refractivity (Wildman–Crippen MR) is 67.6 cm³/mol. The van der Waals surface area contributed by atoms with E-state index in [2.05, 4.69) is 15.0 Å². The van der Waals surface area contributed by atoms with Crippen molar-refractivity contribution in [3.63, 3.8) is 0 Å². The number of hydrogen-bond donors (Lipinski definition) is 1. The van der Waals surface area contributed by atoms with Crippen molar-refractivity contribution < 1.29 is 5.21 Å². The number of hydrogen-bond acceptors (Lipinski definition) is 4. The van der Waals surface area contributed by atoms with E-state index in [-0.39, 0.29) is 0 Å². The molecule has 4 heteroatoms. The largest absolute Gasteiger partial charge is 0.411 e. The lowest BCUT2D eigenvalue weighted by molar-refractivity contribution is 0.100. The normalized spacial score (nSPS) is 40.9. The highest BCUT2D eigenvalue weighted by atomic mass is 16.4. The van der Waals surface area contributed by atoms with E-state index in [1.54, 1.807) is 0 Å². The van der Waals surface area contributed by atoms with E-state index in [0.29, 0.717) is 12.0 Å². The second-order valence-corrected chi connectivity index (χ2v) is 5.71. The molecule has 0 aliphatic carbocycles. The number of oxime groups is 1. The number of piperidine rings is 4. The van der Waals surface area contributed by atoms with E-state index >= 15 is 0 Å². The first-order valence-corrected chi connectivity index (χ1v) is 7.07. The summed E-state index contributed by atoms with van der Waals surface area (Å²) in [5.41, 5.74) is 1.06. The second kappa shape index (κ2) is 4.94. The van der Waals surface area contributed by atoms with Crippen molar-refractivity contribution in [1.29, 1.82) is 0 Å². The van der Waals surface area contributed by atoms with Gasteiger partial charge < -0.3 is 10.1 Å². The summed E-state index contributed by atoms with van der Waals surface area (Å²) >= 11 is 0. The van der Waals surface area contributed by atoms with Crippen molar-refractivity contribution in [3.05, 3.63) is 0 Å². The third-order valence-electron chi connectivity index (χ3n) is 4.73. The number of rotatable bonds is 2. The molecule has 0 aromatic carbocycles. The van der Waals surface area contributed by atoms with E-state index in [0.717, 1.165) is 12.3 Å². The molecular formula is C13H23N3O. The smallest absolute Gasteiger partial charge is 0.0786 e. The maximum absolute atomic E-state index is 9.26. The molecule has 4 fully saturated rings. The second-order valence-electron chi connectivity index (χ2n) is 5.71. The van der Waals surface area contributed by atoms with Crippen LogP contribution >= 0.6 is 0 Å². The molecule has 0 spiro atoms. The van der Waals surface area contributed by atoms with Crippen molar-refractivity contribution in [1.82, 2.24) is 9.80 Å². The van der Waals surface area contributed by atoms with E-state index < -0.39 is 0 Å². The molecule has 4 aliphatic heterocycles. The van der Waals surface area contributed by atoms with Gasteiger partial charge in [0.1, 0.15) is 0 Å². The number of fused-ring (bicyclic) bond motifs is 3. The van der Waals surface area contributed by atoms with Gasteiger partial charge in [0.25, 0.3) is 0 Å². The summed E-state index contributed by atoms with van der Waals surface area (Å²) in [5, 5.41) is 12.9. The Hall–Kier alpha value is -0.610. The predicted octanol–water partition coefficient (Wildman–Crippen LogP) is 1.40. The molecule has 0 saturated carbocycles. The van der Waals surface area contributed by atoms with E-state index in [9.17, 15) is 5.21 Å². The molecule has 4 nitrogen and oxygen atoms in total. The number of nitrogens with zero attached hydrogens (tertiary/aromatic N) is 3. The fourth-order valence-electron chi connectivity index (χ4n) is 3.71. The van der Waals surface area contributed by atoms with Crippen molar-refractivity contribution >= 4 is 5.71 Å². The van der Waals surface area contributed by atoms with Gasteiger partial charge >= 0.3 is 0 Å². The van der Waals surface area contributed by atoms with Crippen LogP contribution in [0.2, 0.25) is 0 Å². The summed E-state index contributed by atoms with van der Waals surface area (Å²) in [7, 11) is 0. The molecular weight excluding hydrogens is 214 g/mol. The summed E-state index contributed by atoms with van der Waals surface area (Å²) in [4.78, 5) is 5.07. The van der Waals surface area contributed by atoms with Gasteiger partial charge in [-0.05, 0) is 51.9 Å². The third kappa shape index (κ3) is 2.20. The Kier molecular flexibility index (Phi) is 3.34. The minimum atomic E-state index is 0.394. The molecule has 2 bridgehead atoms. The lowest BCUT2D eigenvalue weighted by Crippen LogP contribution is -2.59. The molecule has 4 aliphatic rings. The Morgan fingerprint density at radius 3 is 2.41 bits per heavy atom. The van der Waals surface area contributed by atoms with Gasteiger partial charge in [-0.1, -0.05) is 11.6 Å². The van der Waals surface area contributed by atoms with Crippen molar-refractivity contribution in [2.75, 3.05) is 32.7 Å². The summed E-state index contributed by atoms with van der Waals surface area (Å²) in [6.45, 7) is 5.93. The monoisotopic (exact) mass is 237 g/mol. The van der Waals surface area contributed by atoms with Gasteiger partial charge in [-0.3, -0.25) is 4.90 Å². The van der Waals surface area contributed by atoms with Crippen LogP contribution in [0.3, 0.4) is 0 Å². The van der Waals surface area contributed by atoms with Gasteiger partial charge in [0, 0.05) is 12.5 Å². The molecule has 96 valence electrons. The average molecular weight is 237 g/mol. The van der Waals surface area contributed by atoms with Crippen molar-refractivity contribution in [3.8, 4) is 0 Å². The van der Waals surface area contributed by atoms with Gasteiger partial charge in [-0.25, -0.2) is 0 Å². The quantitative estimate of drug-likeness (QED) is 0.583. The molecule has 0 aromatic rings. The minimum absolute atomic E-state index is 0.394. The first-order chi connectivity index (χ1) is 8.38. The summed E-state index contributed by atoms with van der Waals surface area (Å²) < 4.78 is 0. The van der Waals surface area contributed by atoms with Gasteiger partial charge in [0.15, 0.2) is 0 Å². The number of likely N-dealkylation sites (tertiary alicyclic amines) is 1. The summed E-state index contributed by atoms with van der Waals surface area (Å²) in [6, 6.07) is 0.394. The molecule has 1 atom stereocenters. The highest BCUT2D eigenvalue weighted by Crippen LogP contribution is 2.30.